The summed E-state index contributed by atoms with van der Waals surface area (Å²) in [6.07, 6.45) is 2.32. The Labute approximate surface area is 134 Å². The van der Waals surface area contributed by atoms with Crippen LogP contribution in [0.3, 0.4) is 0 Å². The Morgan fingerprint density at radius 2 is 1.87 bits per heavy atom. The van der Waals surface area contributed by atoms with Crippen LogP contribution in [-0.2, 0) is 11.3 Å². The molecule has 0 N–H and O–H groups in total. The van der Waals surface area contributed by atoms with E-state index in [1.54, 1.807) is 7.11 Å². The molecule has 1 aromatic heterocycles. The largest absolute Gasteiger partial charge is 0.441 e. The number of piperidine rings is 1. The number of nitrogens with zero attached hydrogens (tertiary/aromatic N) is 2. The van der Waals surface area contributed by atoms with Gasteiger partial charge in [-0.25, -0.2) is 13.8 Å². The predicted octanol–water partition coefficient (Wildman–Crippen LogP) is 3.54. The van der Waals surface area contributed by atoms with Crippen molar-refractivity contribution in [2.45, 2.75) is 32.4 Å². The lowest BCUT2D eigenvalue weighted by atomic mass is 10.1. The summed E-state index contributed by atoms with van der Waals surface area (Å²) in [6.45, 7) is 4.37. The van der Waals surface area contributed by atoms with E-state index in [1.807, 2.05) is 6.92 Å². The zero-order chi connectivity index (χ0) is 16.4. The van der Waals surface area contributed by atoms with Gasteiger partial charge >= 0.3 is 0 Å². The van der Waals surface area contributed by atoms with Crippen LogP contribution < -0.4 is 0 Å². The maximum Gasteiger partial charge on any atom is 0.226 e. The van der Waals surface area contributed by atoms with Crippen LogP contribution in [0.25, 0.3) is 11.5 Å². The van der Waals surface area contributed by atoms with Gasteiger partial charge < -0.3 is 9.15 Å². The van der Waals surface area contributed by atoms with Crippen molar-refractivity contribution in [3.05, 3.63) is 41.3 Å². The second-order valence-electron chi connectivity index (χ2n) is 5.89. The summed E-state index contributed by atoms with van der Waals surface area (Å²) in [5, 5.41) is 0. The molecule has 0 spiro atoms. The van der Waals surface area contributed by atoms with E-state index >= 15 is 0 Å². The standard InChI is InChI=1S/C17H20F2N2O2/c1-11-16(10-21-5-3-15(22-2)4-6-21)20-17(23-11)12-7-13(18)9-14(19)8-12/h7-9,15H,3-6,10H2,1-2H3. The summed E-state index contributed by atoms with van der Waals surface area (Å²) in [5.74, 6) is -0.348. The molecule has 1 fully saturated rings. The van der Waals surface area contributed by atoms with Crippen molar-refractivity contribution in [1.82, 2.24) is 9.88 Å². The fourth-order valence-electron chi connectivity index (χ4n) is 2.89. The van der Waals surface area contributed by atoms with E-state index in [-0.39, 0.29) is 5.89 Å². The summed E-state index contributed by atoms with van der Waals surface area (Å²) < 4.78 is 37.6. The quantitative estimate of drug-likeness (QED) is 0.863. The number of ether oxygens (including phenoxy) is 1. The predicted molar refractivity (Wildman–Crippen MR) is 81.9 cm³/mol. The maximum absolute atomic E-state index is 13.3. The molecule has 0 amide bonds. The van der Waals surface area contributed by atoms with Gasteiger partial charge in [0.1, 0.15) is 17.4 Å². The van der Waals surface area contributed by atoms with Crippen molar-refractivity contribution < 1.29 is 17.9 Å². The molecule has 3 rings (SSSR count). The Balaban J connectivity index is 1.74. The highest BCUT2D eigenvalue weighted by atomic mass is 19.1. The van der Waals surface area contributed by atoms with Crippen LogP contribution in [0.1, 0.15) is 24.3 Å². The highest BCUT2D eigenvalue weighted by Crippen LogP contribution is 2.25. The van der Waals surface area contributed by atoms with Crippen LogP contribution in [0.4, 0.5) is 8.78 Å². The molecule has 1 aliphatic heterocycles. The number of hydrogen-bond acceptors (Lipinski definition) is 4. The Morgan fingerprint density at radius 1 is 1.22 bits per heavy atom. The van der Waals surface area contributed by atoms with Gasteiger partial charge in [-0.2, -0.15) is 0 Å². The Morgan fingerprint density at radius 3 is 2.48 bits per heavy atom. The number of hydrogen-bond donors (Lipinski definition) is 0. The fraction of sp³-hybridized carbons (Fsp3) is 0.471. The number of aromatic nitrogens is 1. The summed E-state index contributed by atoms with van der Waals surface area (Å²) in [5.41, 5.74) is 1.12. The van der Waals surface area contributed by atoms with Crippen molar-refractivity contribution in [3.63, 3.8) is 0 Å². The molecule has 0 aliphatic carbocycles. The van der Waals surface area contributed by atoms with Crippen LogP contribution in [-0.4, -0.2) is 36.2 Å². The molecule has 0 bridgehead atoms. The SMILES string of the molecule is COC1CCN(Cc2nc(-c3cc(F)cc(F)c3)oc2C)CC1. The number of benzene rings is 1. The third-order valence-corrected chi connectivity index (χ3v) is 4.24. The summed E-state index contributed by atoms with van der Waals surface area (Å²) in [6, 6.07) is 3.28. The minimum absolute atomic E-state index is 0.252. The average molecular weight is 322 g/mol. The number of halogens is 2. The minimum atomic E-state index is -0.640. The van der Waals surface area contributed by atoms with Crippen LogP contribution in [0.2, 0.25) is 0 Å². The Hall–Kier alpha value is -1.79. The van der Waals surface area contributed by atoms with E-state index in [2.05, 4.69) is 9.88 Å². The molecule has 4 nitrogen and oxygen atoms in total. The van der Waals surface area contributed by atoms with Crippen LogP contribution in [0.5, 0.6) is 0 Å². The first kappa shape index (κ1) is 16.1. The molecule has 1 aromatic carbocycles. The van der Waals surface area contributed by atoms with E-state index in [4.69, 9.17) is 9.15 Å². The molecular formula is C17H20F2N2O2. The van der Waals surface area contributed by atoms with Crippen molar-refractivity contribution in [3.8, 4) is 11.5 Å². The minimum Gasteiger partial charge on any atom is -0.441 e. The van der Waals surface area contributed by atoms with Crippen molar-refractivity contribution in [1.29, 1.82) is 0 Å². The van der Waals surface area contributed by atoms with Gasteiger partial charge in [0.25, 0.3) is 0 Å². The van der Waals surface area contributed by atoms with Gasteiger partial charge in [-0.3, -0.25) is 4.90 Å². The molecule has 1 aliphatic rings. The lowest BCUT2D eigenvalue weighted by Crippen LogP contribution is -2.36. The highest BCUT2D eigenvalue weighted by Gasteiger charge is 2.21. The summed E-state index contributed by atoms with van der Waals surface area (Å²) in [4.78, 5) is 6.71. The van der Waals surface area contributed by atoms with Gasteiger partial charge in [0.05, 0.1) is 11.8 Å². The van der Waals surface area contributed by atoms with Gasteiger partial charge in [-0.15, -0.1) is 0 Å². The number of likely N-dealkylation sites (tertiary alicyclic amines) is 1. The van der Waals surface area contributed by atoms with Gasteiger partial charge in [0.15, 0.2) is 0 Å². The van der Waals surface area contributed by atoms with E-state index in [0.29, 0.717) is 24.0 Å². The lowest BCUT2D eigenvalue weighted by molar-refractivity contribution is 0.0384. The zero-order valence-electron chi connectivity index (χ0n) is 13.3. The monoisotopic (exact) mass is 322 g/mol. The van der Waals surface area contributed by atoms with Crippen LogP contribution in [0.15, 0.2) is 22.6 Å². The van der Waals surface area contributed by atoms with Crippen molar-refractivity contribution >= 4 is 0 Å². The molecule has 124 valence electrons. The Bertz CT molecular complexity index is 659. The lowest BCUT2D eigenvalue weighted by Gasteiger charge is -2.30. The third-order valence-electron chi connectivity index (χ3n) is 4.24. The van der Waals surface area contributed by atoms with E-state index in [9.17, 15) is 8.78 Å². The molecular weight excluding hydrogens is 302 g/mol. The van der Waals surface area contributed by atoms with Gasteiger partial charge in [0, 0.05) is 38.4 Å². The van der Waals surface area contributed by atoms with Crippen LogP contribution >= 0.6 is 0 Å². The second kappa shape index (κ2) is 6.76. The molecule has 0 saturated carbocycles. The molecule has 1 saturated heterocycles. The van der Waals surface area contributed by atoms with Crippen LogP contribution in [0, 0.1) is 18.6 Å². The number of aryl methyl sites for hydroxylation is 1. The first-order chi connectivity index (χ1) is 11.0. The van der Waals surface area contributed by atoms with Gasteiger partial charge in [-0.1, -0.05) is 0 Å². The topological polar surface area (TPSA) is 38.5 Å². The molecule has 2 heterocycles. The highest BCUT2D eigenvalue weighted by molar-refractivity contribution is 5.53. The zero-order valence-corrected chi connectivity index (χ0v) is 13.3. The number of rotatable bonds is 4. The molecule has 6 heteroatoms. The molecule has 2 aromatic rings. The average Bonchev–Trinajstić information content (AvgIpc) is 2.88. The van der Waals surface area contributed by atoms with E-state index in [0.717, 1.165) is 37.7 Å². The third kappa shape index (κ3) is 3.76. The summed E-state index contributed by atoms with van der Waals surface area (Å²) in [7, 11) is 1.74. The molecule has 0 radical (unpaired) electrons. The van der Waals surface area contributed by atoms with Gasteiger partial charge in [0.2, 0.25) is 5.89 Å². The Kier molecular flexibility index (Phi) is 4.73. The number of oxazole rings is 1. The van der Waals surface area contributed by atoms with E-state index in [1.165, 1.54) is 12.1 Å². The van der Waals surface area contributed by atoms with Crippen molar-refractivity contribution in [2.75, 3.05) is 20.2 Å². The van der Waals surface area contributed by atoms with E-state index < -0.39 is 11.6 Å². The smallest absolute Gasteiger partial charge is 0.226 e. The maximum atomic E-state index is 13.3. The van der Waals surface area contributed by atoms with Crippen molar-refractivity contribution in [2.24, 2.45) is 0 Å². The number of methoxy groups -OCH3 is 1. The normalized spacial score (nSPS) is 16.9. The van der Waals surface area contributed by atoms with Gasteiger partial charge in [-0.05, 0) is 31.9 Å². The molecule has 23 heavy (non-hydrogen) atoms. The fourth-order valence-corrected chi connectivity index (χ4v) is 2.89. The second-order valence-corrected chi connectivity index (χ2v) is 5.89. The molecule has 0 atom stereocenters. The first-order valence-corrected chi connectivity index (χ1v) is 7.73. The molecule has 0 unspecified atom stereocenters. The summed E-state index contributed by atoms with van der Waals surface area (Å²) >= 11 is 0. The first-order valence-electron chi connectivity index (χ1n) is 7.73.